The topological polar surface area (TPSA) is 105 Å². The molecule has 0 atom stereocenters. The minimum atomic E-state index is -1.10. The number of carbonyl (C=O) groups excluding carboxylic acids is 2. The summed E-state index contributed by atoms with van der Waals surface area (Å²) in [6.07, 6.45) is 0.0834. The molecule has 3 N–H and O–H groups in total. The number of anilines is 1. The first-order valence-corrected chi connectivity index (χ1v) is 5.89. The Morgan fingerprint density at radius 1 is 1.30 bits per heavy atom. The molecule has 7 heteroatoms. The van der Waals surface area contributed by atoms with E-state index in [2.05, 4.69) is 10.6 Å². The third-order valence-corrected chi connectivity index (χ3v) is 2.45. The number of carbonyl (C=O) groups is 3. The van der Waals surface area contributed by atoms with Crippen LogP contribution in [0.25, 0.3) is 0 Å². The summed E-state index contributed by atoms with van der Waals surface area (Å²) in [5.41, 5.74) is 0.322. The van der Waals surface area contributed by atoms with Gasteiger partial charge in [-0.05, 0) is 18.2 Å². The van der Waals surface area contributed by atoms with E-state index in [9.17, 15) is 14.4 Å². The molecule has 0 aliphatic carbocycles. The van der Waals surface area contributed by atoms with E-state index in [1.54, 1.807) is 0 Å². The van der Waals surface area contributed by atoms with Gasteiger partial charge in [0.1, 0.15) is 5.75 Å². The van der Waals surface area contributed by atoms with E-state index in [1.165, 1.54) is 32.2 Å². The zero-order valence-corrected chi connectivity index (χ0v) is 11.2. The van der Waals surface area contributed by atoms with Crippen LogP contribution in [0.2, 0.25) is 0 Å². The average molecular weight is 280 g/mol. The average Bonchev–Trinajstić information content (AvgIpc) is 2.38. The highest BCUT2D eigenvalue weighted by molar-refractivity contribution is 5.95. The van der Waals surface area contributed by atoms with Gasteiger partial charge in [0.25, 0.3) is 0 Å². The van der Waals surface area contributed by atoms with E-state index in [4.69, 9.17) is 9.84 Å². The Labute approximate surface area is 115 Å². The molecule has 0 fully saturated rings. The number of methoxy groups -OCH3 is 1. The van der Waals surface area contributed by atoms with Crippen molar-refractivity contribution in [2.24, 2.45) is 0 Å². The first kappa shape index (κ1) is 15.5. The van der Waals surface area contributed by atoms with Crippen molar-refractivity contribution >= 4 is 23.5 Å². The summed E-state index contributed by atoms with van der Waals surface area (Å²) in [5.74, 6) is -1.30. The zero-order valence-electron chi connectivity index (χ0n) is 11.2. The molecule has 0 unspecified atom stereocenters. The van der Waals surface area contributed by atoms with Gasteiger partial charge in [0, 0.05) is 19.9 Å². The van der Waals surface area contributed by atoms with Crippen LogP contribution in [0.1, 0.15) is 23.7 Å². The van der Waals surface area contributed by atoms with Crippen LogP contribution in [0.5, 0.6) is 5.75 Å². The molecule has 0 spiro atoms. The van der Waals surface area contributed by atoms with Crippen LogP contribution in [-0.2, 0) is 9.59 Å². The van der Waals surface area contributed by atoms with Gasteiger partial charge >= 0.3 is 5.97 Å². The van der Waals surface area contributed by atoms with Gasteiger partial charge in [0.15, 0.2) is 0 Å². The number of hydrogen-bond acceptors (Lipinski definition) is 4. The predicted octanol–water partition coefficient (Wildman–Crippen LogP) is 0.858. The van der Waals surface area contributed by atoms with Crippen molar-refractivity contribution < 1.29 is 24.2 Å². The smallest absolute Gasteiger partial charge is 0.335 e. The van der Waals surface area contributed by atoms with Gasteiger partial charge in [-0.15, -0.1) is 0 Å². The SMILES string of the molecule is COc1ccc(C(=O)O)cc1NC(=O)CCNC(C)=O. The van der Waals surface area contributed by atoms with Crippen molar-refractivity contribution in [2.75, 3.05) is 19.0 Å². The van der Waals surface area contributed by atoms with Crippen molar-refractivity contribution in [3.8, 4) is 5.75 Å². The highest BCUT2D eigenvalue weighted by atomic mass is 16.5. The van der Waals surface area contributed by atoms with Crippen LogP contribution < -0.4 is 15.4 Å². The highest BCUT2D eigenvalue weighted by Crippen LogP contribution is 2.25. The van der Waals surface area contributed by atoms with Gasteiger partial charge in [0.2, 0.25) is 11.8 Å². The van der Waals surface area contributed by atoms with E-state index in [0.29, 0.717) is 5.75 Å². The molecule has 1 rings (SSSR count). The fourth-order valence-corrected chi connectivity index (χ4v) is 1.50. The maximum atomic E-state index is 11.7. The Bertz CT molecular complexity index is 527. The maximum Gasteiger partial charge on any atom is 0.335 e. The molecular formula is C13H16N2O5. The Morgan fingerprint density at radius 2 is 2.00 bits per heavy atom. The summed E-state index contributed by atoms with van der Waals surface area (Å²) in [6.45, 7) is 1.57. The van der Waals surface area contributed by atoms with E-state index in [-0.39, 0.29) is 36.0 Å². The third kappa shape index (κ3) is 4.60. The Hall–Kier alpha value is -2.57. The van der Waals surface area contributed by atoms with E-state index >= 15 is 0 Å². The molecule has 0 aromatic heterocycles. The van der Waals surface area contributed by atoms with Crippen molar-refractivity contribution in [1.29, 1.82) is 0 Å². The molecule has 7 nitrogen and oxygen atoms in total. The number of nitrogens with one attached hydrogen (secondary N) is 2. The lowest BCUT2D eigenvalue weighted by Gasteiger charge is -2.11. The summed E-state index contributed by atoms with van der Waals surface area (Å²) in [6, 6.07) is 4.17. The Balaban J connectivity index is 2.74. The maximum absolute atomic E-state index is 11.7. The largest absolute Gasteiger partial charge is 0.495 e. The number of hydrogen-bond donors (Lipinski definition) is 3. The van der Waals surface area contributed by atoms with Crippen LogP contribution >= 0.6 is 0 Å². The van der Waals surface area contributed by atoms with Crippen LogP contribution in [0.3, 0.4) is 0 Å². The first-order chi connectivity index (χ1) is 9.43. The number of aromatic carboxylic acids is 1. The minimum Gasteiger partial charge on any atom is -0.495 e. The quantitative estimate of drug-likeness (QED) is 0.716. The molecule has 1 aromatic carbocycles. The molecule has 0 aliphatic heterocycles. The van der Waals surface area contributed by atoms with Gasteiger partial charge < -0.3 is 20.5 Å². The number of rotatable bonds is 6. The van der Waals surface area contributed by atoms with Crippen molar-refractivity contribution in [1.82, 2.24) is 5.32 Å². The molecule has 2 amide bonds. The molecular weight excluding hydrogens is 264 g/mol. The molecule has 0 saturated carbocycles. The second kappa shape index (κ2) is 7.13. The molecule has 0 aliphatic rings. The molecule has 0 bridgehead atoms. The minimum absolute atomic E-state index is 0.0444. The van der Waals surface area contributed by atoms with Gasteiger partial charge in [0.05, 0.1) is 18.4 Å². The van der Waals surface area contributed by atoms with Gasteiger partial charge in [-0.3, -0.25) is 9.59 Å². The van der Waals surface area contributed by atoms with Crippen LogP contribution in [-0.4, -0.2) is 36.5 Å². The second-order valence-electron chi connectivity index (χ2n) is 4.00. The normalized spacial score (nSPS) is 9.70. The Kier molecular flexibility index (Phi) is 5.52. The van der Waals surface area contributed by atoms with Gasteiger partial charge in [-0.25, -0.2) is 4.79 Å². The number of benzene rings is 1. The summed E-state index contributed by atoms with van der Waals surface area (Å²) >= 11 is 0. The van der Waals surface area contributed by atoms with Gasteiger partial charge in [-0.2, -0.15) is 0 Å². The number of amides is 2. The summed E-state index contributed by atoms with van der Waals surface area (Å²) in [5, 5.41) is 14.0. The van der Waals surface area contributed by atoms with E-state index in [1.807, 2.05) is 0 Å². The van der Waals surface area contributed by atoms with Crippen molar-refractivity contribution in [3.05, 3.63) is 23.8 Å². The van der Waals surface area contributed by atoms with Crippen LogP contribution in [0, 0.1) is 0 Å². The Morgan fingerprint density at radius 3 is 2.55 bits per heavy atom. The molecule has 108 valence electrons. The lowest BCUT2D eigenvalue weighted by atomic mass is 10.2. The lowest BCUT2D eigenvalue weighted by molar-refractivity contribution is -0.119. The molecule has 1 aromatic rings. The standard InChI is InChI=1S/C13H16N2O5/c1-8(16)14-6-5-12(17)15-10-7-9(13(18)19)3-4-11(10)20-2/h3-4,7H,5-6H2,1-2H3,(H,14,16)(H,15,17)(H,18,19). The third-order valence-electron chi connectivity index (χ3n) is 2.45. The fraction of sp³-hybridized carbons (Fsp3) is 0.308. The molecule has 20 heavy (non-hydrogen) atoms. The zero-order chi connectivity index (χ0) is 15.1. The van der Waals surface area contributed by atoms with E-state index < -0.39 is 5.97 Å². The monoisotopic (exact) mass is 280 g/mol. The number of ether oxygens (including phenoxy) is 1. The number of carboxylic acids is 1. The first-order valence-electron chi connectivity index (χ1n) is 5.89. The molecule has 0 heterocycles. The molecule has 0 radical (unpaired) electrons. The summed E-state index contributed by atoms with van der Waals surface area (Å²) in [7, 11) is 1.42. The van der Waals surface area contributed by atoms with Gasteiger partial charge in [-0.1, -0.05) is 0 Å². The summed E-state index contributed by atoms with van der Waals surface area (Å²) in [4.78, 5) is 33.2. The number of carboxylic acid groups (broad SMARTS) is 1. The van der Waals surface area contributed by atoms with E-state index in [0.717, 1.165) is 0 Å². The van der Waals surface area contributed by atoms with Crippen molar-refractivity contribution in [3.63, 3.8) is 0 Å². The second-order valence-corrected chi connectivity index (χ2v) is 4.00. The van der Waals surface area contributed by atoms with Crippen LogP contribution in [0.4, 0.5) is 5.69 Å². The highest BCUT2D eigenvalue weighted by Gasteiger charge is 2.11. The predicted molar refractivity (Wildman–Crippen MR) is 71.9 cm³/mol. The lowest BCUT2D eigenvalue weighted by Crippen LogP contribution is -2.25. The summed E-state index contributed by atoms with van der Waals surface area (Å²) < 4.78 is 5.05. The molecule has 0 saturated heterocycles. The van der Waals surface area contributed by atoms with Crippen molar-refractivity contribution in [2.45, 2.75) is 13.3 Å². The fourth-order valence-electron chi connectivity index (χ4n) is 1.50. The van der Waals surface area contributed by atoms with Crippen LogP contribution in [0.15, 0.2) is 18.2 Å².